The van der Waals surface area contributed by atoms with Crippen LogP contribution in [0.5, 0.6) is 0 Å². The number of carbonyl (C=O) groups is 1. The minimum absolute atomic E-state index is 0.266. The molecule has 0 aromatic heterocycles. The zero-order valence-electron chi connectivity index (χ0n) is 12.8. The van der Waals surface area contributed by atoms with E-state index in [1.165, 1.54) is 0 Å². The number of rotatable bonds is 5. The second-order valence-electron chi connectivity index (χ2n) is 6.00. The molecule has 1 amide bonds. The van der Waals surface area contributed by atoms with E-state index in [1.54, 1.807) is 0 Å². The number of hydrogen-bond acceptors (Lipinski definition) is 3. The normalized spacial score (nSPS) is 18.9. The van der Waals surface area contributed by atoms with Crippen LogP contribution < -0.4 is 5.73 Å². The Morgan fingerprint density at radius 1 is 1.33 bits per heavy atom. The van der Waals surface area contributed by atoms with Crippen LogP contribution in [0.1, 0.15) is 24.3 Å². The topological polar surface area (TPSA) is 49.6 Å². The van der Waals surface area contributed by atoms with Crippen molar-refractivity contribution >= 4 is 17.5 Å². The van der Waals surface area contributed by atoms with Gasteiger partial charge in [-0.1, -0.05) is 23.7 Å². The molecule has 0 radical (unpaired) electrons. The number of hydrogen-bond donors (Lipinski definition) is 1. The highest BCUT2D eigenvalue weighted by Gasteiger charge is 2.25. The first-order valence-corrected chi connectivity index (χ1v) is 7.78. The molecule has 4 nitrogen and oxygen atoms in total. The van der Waals surface area contributed by atoms with Crippen LogP contribution in [0.15, 0.2) is 24.3 Å². The van der Waals surface area contributed by atoms with E-state index < -0.39 is 0 Å². The molecule has 1 fully saturated rings. The van der Waals surface area contributed by atoms with Crippen molar-refractivity contribution in [1.82, 2.24) is 9.80 Å². The van der Waals surface area contributed by atoms with Gasteiger partial charge in [-0.15, -0.1) is 0 Å². The molecular formula is C16H24ClN3O. The van der Waals surface area contributed by atoms with Crippen LogP contribution in [-0.2, 0) is 4.79 Å². The maximum atomic E-state index is 11.8. The lowest BCUT2D eigenvalue weighted by Crippen LogP contribution is -2.44. The molecule has 1 heterocycles. The third-order valence-electron chi connectivity index (χ3n) is 4.34. The summed E-state index contributed by atoms with van der Waals surface area (Å²) in [6.07, 6.45) is 2.28. The molecule has 1 atom stereocenters. The Hall–Kier alpha value is -1.10. The van der Waals surface area contributed by atoms with Crippen molar-refractivity contribution in [3.8, 4) is 0 Å². The number of halogens is 1. The van der Waals surface area contributed by atoms with E-state index in [0.717, 1.165) is 31.5 Å². The number of piperidine rings is 1. The van der Waals surface area contributed by atoms with Crippen molar-refractivity contribution < 1.29 is 4.79 Å². The second-order valence-corrected chi connectivity index (χ2v) is 6.44. The lowest BCUT2D eigenvalue weighted by Gasteiger charge is -2.36. The van der Waals surface area contributed by atoms with E-state index >= 15 is 0 Å². The number of carbonyl (C=O) groups excluding carboxylic acids is 1. The highest BCUT2D eigenvalue weighted by molar-refractivity contribution is 6.30. The van der Waals surface area contributed by atoms with E-state index in [9.17, 15) is 4.79 Å². The SMILES string of the molecule is CN(C)C1CCN(C[C@H](C(N)=O)c2ccc(Cl)cc2)CC1. The summed E-state index contributed by atoms with van der Waals surface area (Å²) in [5.74, 6) is -0.537. The third kappa shape index (κ3) is 4.43. The van der Waals surface area contributed by atoms with Gasteiger partial charge in [0, 0.05) is 17.6 Å². The maximum absolute atomic E-state index is 11.8. The summed E-state index contributed by atoms with van der Waals surface area (Å²) in [6.45, 7) is 2.72. The maximum Gasteiger partial charge on any atom is 0.226 e. The van der Waals surface area contributed by atoms with E-state index in [-0.39, 0.29) is 11.8 Å². The minimum atomic E-state index is -0.271. The quantitative estimate of drug-likeness (QED) is 0.904. The first kappa shape index (κ1) is 16.3. The zero-order valence-corrected chi connectivity index (χ0v) is 13.5. The van der Waals surface area contributed by atoms with Crippen LogP contribution in [-0.4, -0.2) is 55.5 Å². The van der Waals surface area contributed by atoms with Gasteiger partial charge in [0.2, 0.25) is 5.91 Å². The van der Waals surface area contributed by atoms with Crippen LogP contribution in [0.25, 0.3) is 0 Å². The Labute approximate surface area is 131 Å². The summed E-state index contributed by atoms with van der Waals surface area (Å²) in [5.41, 5.74) is 6.54. The molecule has 0 saturated carbocycles. The Morgan fingerprint density at radius 3 is 2.38 bits per heavy atom. The molecule has 2 N–H and O–H groups in total. The molecule has 0 spiro atoms. The van der Waals surface area contributed by atoms with Crippen LogP contribution in [0.4, 0.5) is 0 Å². The smallest absolute Gasteiger partial charge is 0.226 e. The van der Waals surface area contributed by atoms with Crippen molar-refractivity contribution in [2.75, 3.05) is 33.7 Å². The number of likely N-dealkylation sites (tertiary alicyclic amines) is 1. The van der Waals surface area contributed by atoms with Gasteiger partial charge in [-0.3, -0.25) is 4.79 Å². The molecule has 2 rings (SSSR count). The van der Waals surface area contributed by atoms with Gasteiger partial charge in [-0.25, -0.2) is 0 Å². The van der Waals surface area contributed by atoms with E-state index in [1.807, 2.05) is 24.3 Å². The third-order valence-corrected chi connectivity index (χ3v) is 4.60. The lowest BCUT2D eigenvalue weighted by atomic mass is 9.96. The second kappa shape index (κ2) is 7.25. The molecule has 5 heteroatoms. The summed E-state index contributed by atoms with van der Waals surface area (Å²) in [5, 5.41) is 0.675. The molecule has 1 aliphatic rings. The van der Waals surface area contributed by atoms with Crippen molar-refractivity contribution in [1.29, 1.82) is 0 Å². The minimum Gasteiger partial charge on any atom is -0.369 e. The predicted molar refractivity (Wildman–Crippen MR) is 86.5 cm³/mol. The standard InChI is InChI=1S/C16H24ClN3O/c1-19(2)14-7-9-20(10-8-14)11-15(16(18)21)12-3-5-13(17)6-4-12/h3-6,14-15H,7-11H2,1-2H3,(H2,18,21)/t15-/m0/s1. The summed E-state index contributed by atoms with van der Waals surface area (Å²) in [7, 11) is 4.25. The summed E-state index contributed by atoms with van der Waals surface area (Å²) >= 11 is 5.90. The van der Waals surface area contributed by atoms with Gasteiger partial charge in [0.1, 0.15) is 0 Å². The van der Waals surface area contributed by atoms with Gasteiger partial charge in [0.15, 0.2) is 0 Å². The van der Waals surface area contributed by atoms with E-state index in [0.29, 0.717) is 17.6 Å². The number of nitrogens with zero attached hydrogens (tertiary/aromatic N) is 2. The zero-order chi connectivity index (χ0) is 15.4. The highest BCUT2D eigenvalue weighted by atomic mass is 35.5. The van der Waals surface area contributed by atoms with Crippen LogP contribution in [0.2, 0.25) is 5.02 Å². The van der Waals surface area contributed by atoms with E-state index in [4.69, 9.17) is 17.3 Å². The average Bonchev–Trinajstić information content (AvgIpc) is 2.46. The van der Waals surface area contributed by atoms with Crippen LogP contribution in [0.3, 0.4) is 0 Å². The summed E-state index contributed by atoms with van der Waals surface area (Å²) in [4.78, 5) is 16.4. The molecule has 0 aliphatic carbocycles. The molecule has 1 aromatic carbocycles. The Morgan fingerprint density at radius 2 is 1.90 bits per heavy atom. The molecule has 0 unspecified atom stereocenters. The van der Waals surface area contributed by atoms with Gasteiger partial charge in [0.25, 0.3) is 0 Å². The fourth-order valence-electron chi connectivity index (χ4n) is 2.93. The monoisotopic (exact) mass is 309 g/mol. The van der Waals surface area contributed by atoms with Crippen molar-refractivity contribution in [2.24, 2.45) is 5.73 Å². The Balaban J connectivity index is 1.98. The fraction of sp³-hybridized carbons (Fsp3) is 0.562. The summed E-state index contributed by atoms with van der Waals surface area (Å²) < 4.78 is 0. The number of benzene rings is 1. The number of primary amides is 1. The van der Waals surface area contributed by atoms with Gasteiger partial charge in [0.05, 0.1) is 5.92 Å². The molecule has 1 saturated heterocycles. The lowest BCUT2D eigenvalue weighted by molar-refractivity contribution is -0.120. The predicted octanol–water partition coefficient (Wildman–Crippen LogP) is 1.93. The molecule has 1 aliphatic heterocycles. The number of amides is 1. The van der Waals surface area contributed by atoms with Gasteiger partial charge < -0.3 is 15.5 Å². The van der Waals surface area contributed by atoms with Crippen molar-refractivity contribution in [3.63, 3.8) is 0 Å². The van der Waals surface area contributed by atoms with Crippen molar-refractivity contribution in [3.05, 3.63) is 34.9 Å². The van der Waals surface area contributed by atoms with Crippen molar-refractivity contribution in [2.45, 2.75) is 24.8 Å². The van der Waals surface area contributed by atoms with Gasteiger partial charge in [-0.05, 0) is 57.7 Å². The molecular weight excluding hydrogens is 286 g/mol. The molecule has 1 aromatic rings. The Bertz CT molecular complexity index is 467. The van der Waals surface area contributed by atoms with Gasteiger partial charge in [-0.2, -0.15) is 0 Å². The molecule has 0 bridgehead atoms. The average molecular weight is 310 g/mol. The highest BCUT2D eigenvalue weighted by Crippen LogP contribution is 2.22. The molecule has 116 valence electrons. The largest absolute Gasteiger partial charge is 0.369 e. The first-order chi connectivity index (χ1) is 9.97. The first-order valence-electron chi connectivity index (χ1n) is 7.41. The van der Waals surface area contributed by atoms with Crippen LogP contribution in [0, 0.1) is 0 Å². The number of nitrogens with two attached hydrogens (primary N) is 1. The summed E-state index contributed by atoms with van der Waals surface area (Å²) in [6, 6.07) is 8.05. The Kier molecular flexibility index (Phi) is 5.62. The van der Waals surface area contributed by atoms with Crippen LogP contribution >= 0.6 is 11.6 Å². The fourth-order valence-corrected chi connectivity index (χ4v) is 3.06. The molecule has 21 heavy (non-hydrogen) atoms. The van der Waals surface area contributed by atoms with Gasteiger partial charge >= 0.3 is 0 Å². The van der Waals surface area contributed by atoms with E-state index in [2.05, 4.69) is 23.9 Å².